The molecule has 1 unspecified atom stereocenters. The van der Waals surface area contributed by atoms with E-state index in [9.17, 15) is 18.0 Å². The molecule has 2 rings (SSSR count). The van der Waals surface area contributed by atoms with E-state index in [1.54, 1.807) is 24.3 Å². The molecule has 1 atom stereocenters. The number of ketones is 1. The highest BCUT2D eigenvalue weighted by atomic mass is 32.2. The lowest BCUT2D eigenvalue weighted by molar-refractivity contribution is -0.139. The van der Waals surface area contributed by atoms with E-state index in [0.29, 0.717) is 6.42 Å². The molecule has 6 nitrogen and oxygen atoms in total. The van der Waals surface area contributed by atoms with Crippen LogP contribution in [-0.4, -0.2) is 38.6 Å². The number of Topliss-reactive ketones (excluding diaryl/α,β-unsaturated/α-hetero) is 1. The van der Waals surface area contributed by atoms with Crippen LogP contribution in [0.1, 0.15) is 12.0 Å². The Morgan fingerprint density at radius 2 is 2.00 bits per heavy atom. The van der Waals surface area contributed by atoms with Crippen LogP contribution in [0.2, 0.25) is 0 Å². The largest absolute Gasteiger partial charge is 0.464 e. The Morgan fingerprint density at radius 3 is 2.60 bits per heavy atom. The van der Waals surface area contributed by atoms with E-state index in [1.165, 1.54) is 0 Å². The zero-order valence-corrected chi connectivity index (χ0v) is 11.6. The van der Waals surface area contributed by atoms with Crippen molar-refractivity contribution in [2.45, 2.75) is 18.9 Å². The summed E-state index contributed by atoms with van der Waals surface area (Å²) in [5, 5.41) is 0. The predicted octanol–water partition coefficient (Wildman–Crippen LogP) is 0.0331. The number of carbonyl (C=O) groups is 2. The maximum absolute atomic E-state index is 11.8. The fraction of sp³-hybridized carbons (Fsp3) is 0.385. The standard InChI is InChI=1S/C13H15NO5S/c15-11(8-10-4-2-1-3-5-10)9-20(17,18)14-12-6-7-19-13(12)16/h1-5,12,14H,6-9H2. The van der Waals surface area contributed by atoms with Gasteiger partial charge in [0.25, 0.3) is 0 Å². The summed E-state index contributed by atoms with van der Waals surface area (Å²) in [6, 6.07) is 8.02. The van der Waals surface area contributed by atoms with Crippen LogP contribution in [0.5, 0.6) is 0 Å². The fourth-order valence-corrected chi connectivity index (χ4v) is 3.20. The summed E-state index contributed by atoms with van der Waals surface area (Å²) in [6.07, 6.45) is 0.349. The highest BCUT2D eigenvalue weighted by molar-refractivity contribution is 7.90. The van der Waals surface area contributed by atoms with Gasteiger partial charge in [-0.15, -0.1) is 0 Å². The molecule has 20 heavy (non-hydrogen) atoms. The van der Waals surface area contributed by atoms with Crippen LogP contribution >= 0.6 is 0 Å². The van der Waals surface area contributed by atoms with Crippen molar-refractivity contribution in [3.05, 3.63) is 35.9 Å². The molecule has 0 aromatic heterocycles. The first kappa shape index (κ1) is 14.7. The number of sulfonamides is 1. The minimum atomic E-state index is -3.82. The Kier molecular flexibility index (Phi) is 4.51. The normalized spacial score (nSPS) is 18.8. The number of carbonyl (C=O) groups excluding carboxylic acids is 2. The monoisotopic (exact) mass is 297 g/mol. The maximum Gasteiger partial charge on any atom is 0.324 e. The maximum atomic E-state index is 11.8. The molecule has 108 valence electrons. The van der Waals surface area contributed by atoms with Crippen molar-refractivity contribution >= 4 is 21.8 Å². The minimum absolute atomic E-state index is 0.0524. The summed E-state index contributed by atoms with van der Waals surface area (Å²) in [5.41, 5.74) is 0.757. The Hall–Kier alpha value is -1.73. The molecule has 1 N–H and O–H groups in total. The zero-order valence-electron chi connectivity index (χ0n) is 10.7. The average Bonchev–Trinajstić information content (AvgIpc) is 2.74. The molecule has 1 saturated heterocycles. The zero-order chi connectivity index (χ0) is 14.6. The van der Waals surface area contributed by atoms with Gasteiger partial charge in [-0.1, -0.05) is 30.3 Å². The molecule has 0 amide bonds. The number of hydrogen-bond donors (Lipinski definition) is 1. The molecule has 1 heterocycles. The first-order chi connectivity index (χ1) is 9.46. The van der Waals surface area contributed by atoms with Gasteiger partial charge in [-0.05, 0) is 5.56 Å². The van der Waals surface area contributed by atoms with E-state index in [2.05, 4.69) is 9.46 Å². The van der Waals surface area contributed by atoms with Crippen LogP contribution in [0, 0.1) is 0 Å². The molecule has 0 bridgehead atoms. The number of esters is 1. The molecule has 1 fully saturated rings. The van der Waals surface area contributed by atoms with Gasteiger partial charge < -0.3 is 4.74 Å². The second-order valence-corrected chi connectivity index (χ2v) is 6.34. The second-order valence-electron chi connectivity index (χ2n) is 4.59. The minimum Gasteiger partial charge on any atom is -0.464 e. The van der Waals surface area contributed by atoms with E-state index in [0.717, 1.165) is 5.56 Å². The molecule has 1 aliphatic heterocycles. The quantitative estimate of drug-likeness (QED) is 0.748. The molecule has 1 aliphatic rings. The Bertz CT molecular complexity index is 596. The Morgan fingerprint density at radius 1 is 1.30 bits per heavy atom. The summed E-state index contributed by atoms with van der Waals surface area (Å²) in [6.45, 7) is 0.198. The summed E-state index contributed by atoms with van der Waals surface area (Å²) in [7, 11) is -3.82. The SMILES string of the molecule is O=C(Cc1ccccc1)CS(=O)(=O)NC1CCOC1=O. The van der Waals surface area contributed by atoms with E-state index in [4.69, 9.17) is 0 Å². The van der Waals surface area contributed by atoms with Gasteiger partial charge in [-0.3, -0.25) is 9.59 Å². The van der Waals surface area contributed by atoms with Crippen LogP contribution in [0.25, 0.3) is 0 Å². The van der Waals surface area contributed by atoms with E-state index in [1.807, 2.05) is 6.07 Å². The number of nitrogens with one attached hydrogen (secondary N) is 1. The first-order valence-corrected chi connectivity index (χ1v) is 7.84. The van der Waals surface area contributed by atoms with Gasteiger partial charge in [0, 0.05) is 12.8 Å². The summed E-state index contributed by atoms with van der Waals surface area (Å²) in [4.78, 5) is 22.9. The lowest BCUT2D eigenvalue weighted by Crippen LogP contribution is -2.40. The molecule has 1 aromatic rings. The number of rotatable bonds is 6. The van der Waals surface area contributed by atoms with Crippen molar-refractivity contribution in [2.24, 2.45) is 0 Å². The van der Waals surface area contributed by atoms with Crippen LogP contribution in [0.15, 0.2) is 30.3 Å². The molecule has 1 aromatic carbocycles. The summed E-state index contributed by atoms with van der Waals surface area (Å²) < 4.78 is 30.4. The molecule has 0 spiro atoms. The lowest BCUT2D eigenvalue weighted by Gasteiger charge is -2.09. The van der Waals surface area contributed by atoms with Gasteiger partial charge in [0.15, 0.2) is 5.78 Å². The first-order valence-electron chi connectivity index (χ1n) is 6.18. The number of cyclic esters (lactones) is 1. The number of benzene rings is 1. The Labute approximate surface area is 117 Å². The number of hydrogen-bond acceptors (Lipinski definition) is 5. The van der Waals surface area contributed by atoms with Crippen LogP contribution in [-0.2, 0) is 30.8 Å². The van der Waals surface area contributed by atoms with E-state index in [-0.39, 0.29) is 13.0 Å². The highest BCUT2D eigenvalue weighted by Crippen LogP contribution is 2.08. The van der Waals surface area contributed by atoms with Crippen molar-refractivity contribution in [1.29, 1.82) is 0 Å². The van der Waals surface area contributed by atoms with Gasteiger partial charge in [0.2, 0.25) is 10.0 Å². The Balaban J connectivity index is 1.91. The van der Waals surface area contributed by atoms with Crippen LogP contribution in [0.4, 0.5) is 0 Å². The third-order valence-electron chi connectivity index (χ3n) is 2.85. The molecular formula is C13H15NO5S. The van der Waals surface area contributed by atoms with Crippen molar-refractivity contribution in [3.8, 4) is 0 Å². The molecular weight excluding hydrogens is 282 g/mol. The van der Waals surface area contributed by atoms with Crippen molar-refractivity contribution in [2.75, 3.05) is 12.4 Å². The third kappa shape index (κ3) is 4.14. The van der Waals surface area contributed by atoms with Crippen molar-refractivity contribution in [3.63, 3.8) is 0 Å². The summed E-state index contributed by atoms with van der Waals surface area (Å²) >= 11 is 0. The predicted molar refractivity (Wildman–Crippen MR) is 71.4 cm³/mol. The lowest BCUT2D eigenvalue weighted by atomic mass is 10.1. The van der Waals surface area contributed by atoms with E-state index < -0.39 is 33.6 Å². The fourth-order valence-electron chi connectivity index (χ4n) is 1.95. The van der Waals surface area contributed by atoms with Gasteiger partial charge in [-0.2, -0.15) is 0 Å². The van der Waals surface area contributed by atoms with Crippen LogP contribution in [0.3, 0.4) is 0 Å². The number of ether oxygens (including phenoxy) is 1. The summed E-state index contributed by atoms with van der Waals surface area (Å²) in [5.74, 6) is -1.65. The van der Waals surface area contributed by atoms with Gasteiger partial charge in [-0.25, -0.2) is 13.1 Å². The molecule has 0 saturated carbocycles. The van der Waals surface area contributed by atoms with E-state index >= 15 is 0 Å². The van der Waals surface area contributed by atoms with Crippen molar-refractivity contribution in [1.82, 2.24) is 4.72 Å². The average molecular weight is 297 g/mol. The molecule has 0 radical (unpaired) electrons. The third-order valence-corrected chi connectivity index (χ3v) is 4.20. The molecule has 7 heteroatoms. The smallest absolute Gasteiger partial charge is 0.324 e. The van der Waals surface area contributed by atoms with Crippen molar-refractivity contribution < 1.29 is 22.7 Å². The topological polar surface area (TPSA) is 89.5 Å². The van der Waals surface area contributed by atoms with Crippen LogP contribution < -0.4 is 4.72 Å². The molecule has 0 aliphatic carbocycles. The van der Waals surface area contributed by atoms with Gasteiger partial charge in [0.05, 0.1) is 6.61 Å². The highest BCUT2D eigenvalue weighted by Gasteiger charge is 2.31. The second kappa shape index (κ2) is 6.15. The van der Waals surface area contributed by atoms with Gasteiger partial charge in [0.1, 0.15) is 11.8 Å². The van der Waals surface area contributed by atoms with Gasteiger partial charge >= 0.3 is 5.97 Å².